The van der Waals surface area contributed by atoms with E-state index in [-0.39, 0.29) is 0 Å². The van der Waals surface area contributed by atoms with Crippen LogP contribution in [0.2, 0.25) is 0 Å². The van der Waals surface area contributed by atoms with Crippen molar-refractivity contribution in [2.24, 2.45) is 5.41 Å². The lowest BCUT2D eigenvalue weighted by molar-refractivity contribution is 0.189. The lowest BCUT2D eigenvalue weighted by Crippen LogP contribution is -2.34. The van der Waals surface area contributed by atoms with Crippen LogP contribution < -0.4 is 0 Å². The fraction of sp³-hybridized carbons (Fsp3) is 1.00. The molecular weight excluding hydrogens is 196 g/mol. The average molecular weight is 226 g/mol. The van der Waals surface area contributed by atoms with Gasteiger partial charge in [-0.3, -0.25) is 0 Å². The van der Waals surface area contributed by atoms with E-state index in [2.05, 4.69) is 51.5 Å². The summed E-state index contributed by atoms with van der Waals surface area (Å²) in [7, 11) is 2.24. The molecule has 2 heteroatoms. The van der Waals surface area contributed by atoms with Crippen molar-refractivity contribution in [3.8, 4) is 0 Å². The first-order valence-corrected chi connectivity index (χ1v) is 6.78. The predicted molar refractivity (Wildman–Crippen MR) is 71.8 cm³/mol. The predicted octanol–water partition coefficient (Wildman–Crippen LogP) is 2.84. The second-order valence-corrected chi connectivity index (χ2v) is 6.45. The molecule has 0 aromatic heterocycles. The van der Waals surface area contributed by atoms with Gasteiger partial charge in [0.25, 0.3) is 0 Å². The first-order valence-electron chi connectivity index (χ1n) is 6.78. The molecule has 0 aromatic carbocycles. The van der Waals surface area contributed by atoms with Gasteiger partial charge in [-0.25, -0.2) is 0 Å². The van der Waals surface area contributed by atoms with E-state index in [9.17, 15) is 0 Å². The lowest BCUT2D eigenvalue weighted by atomic mass is 9.86. The minimum absolute atomic E-state index is 0.549. The molecular formula is C14H30N2. The zero-order chi connectivity index (χ0) is 12.3. The summed E-state index contributed by atoms with van der Waals surface area (Å²) in [5.41, 5.74) is 0.549. The highest BCUT2D eigenvalue weighted by molar-refractivity contribution is 4.88. The van der Waals surface area contributed by atoms with E-state index in [0.29, 0.717) is 17.5 Å². The highest BCUT2D eigenvalue weighted by Gasteiger charge is 2.34. The van der Waals surface area contributed by atoms with E-state index in [0.717, 1.165) is 0 Å². The summed E-state index contributed by atoms with van der Waals surface area (Å²) < 4.78 is 0. The van der Waals surface area contributed by atoms with Crippen molar-refractivity contribution in [2.75, 3.05) is 26.7 Å². The maximum atomic E-state index is 2.62. The maximum absolute atomic E-state index is 2.62. The van der Waals surface area contributed by atoms with E-state index >= 15 is 0 Å². The van der Waals surface area contributed by atoms with Crippen molar-refractivity contribution < 1.29 is 0 Å². The summed E-state index contributed by atoms with van der Waals surface area (Å²) >= 11 is 0. The topological polar surface area (TPSA) is 6.48 Å². The minimum atomic E-state index is 0.549. The molecule has 1 heterocycles. The van der Waals surface area contributed by atoms with E-state index in [1.54, 1.807) is 0 Å². The number of nitrogens with zero attached hydrogens (tertiary/aromatic N) is 2. The Morgan fingerprint density at radius 1 is 1.25 bits per heavy atom. The summed E-state index contributed by atoms with van der Waals surface area (Å²) in [5, 5.41) is 0. The molecule has 1 atom stereocenters. The molecule has 0 aliphatic carbocycles. The fourth-order valence-corrected chi connectivity index (χ4v) is 2.41. The molecule has 1 rings (SSSR count). The Labute approximate surface area is 102 Å². The molecule has 0 spiro atoms. The second kappa shape index (κ2) is 5.50. The summed E-state index contributed by atoms with van der Waals surface area (Å²) in [4.78, 5) is 5.08. The van der Waals surface area contributed by atoms with Gasteiger partial charge in [0.1, 0.15) is 0 Å². The molecule has 0 aromatic rings. The van der Waals surface area contributed by atoms with Gasteiger partial charge in [-0.1, -0.05) is 6.92 Å². The Morgan fingerprint density at radius 3 is 2.31 bits per heavy atom. The maximum Gasteiger partial charge on any atom is 0.00390 e. The zero-order valence-corrected chi connectivity index (χ0v) is 12.1. The van der Waals surface area contributed by atoms with Gasteiger partial charge in [-0.05, 0) is 66.1 Å². The Morgan fingerprint density at radius 2 is 1.88 bits per heavy atom. The van der Waals surface area contributed by atoms with Crippen LogP contribution in [0, 0.1) is 5.41 Å². The van der Waals surface area contributed by atoms with Gasteiger partial charge in [0.2, 0.25) is 0 Å². The molecule has 0 radical (unpaired) electrons. The Bertz CT molecular complexity index is 213. The van der Waals surface area contributed by atoms with Crippen LogP contribution in [-0.4, -0.2) is 48.6 Å². The summed E-state index contributed by atoms with van der Waals surface area (Å²) in [6.07, 6.45) is 2.71. The standard InChI is InChI=1S/C14H30N2/c1-12(2)15(6)9-7-14(5)8-10-16(11-14)13(3)4/h12-13H,7-11H2,1-6H3. The number of hydrogen-bond donors (Lipinski definition) is 0. The Kier molecular flexibility index (Phi) is 4.81. The van der Waals surface area contributed by atoms with Crippen LogP contribution in [-0.2, 0) is 0 Å². The van der Waals surface area contributed by atoms with Crippen molar-refractivity contribution in [2.45, 2.75) is 59.5 Å². The molecule has 0 N–H and O–H groups in total. The van der Waals surface area contributed by atoms with Crippen LogP contribution in [0.5, 0.6) is 0 Å². The fourth-order valence-electron chi connectivity index (χ4n) is 2.41. The lowest BCUT2D eigenvalue weighted by Gasteiger charge is -2.30. The van der Waals surface area contributed by atoms with Crippen LogP contribution in [0.25, 0.3) is 0 Å². The zero-order valence-electron chi connectivity index (χ0n) is 12.1. The van der Waals surface area contributed by atoms with E-state index in [1.807, 2.05) is 0 Å². The van der Waals surface area contributed by atoms with E-state index in [4.69, 9.17) is 0 Å². The van der Waals surface area contributed by atoms with Gasteiger partial charge < -0.3 is 9.80 Å². The van der Waals surface area contributed by atoms with Gasteiger partial charge in [0, 0.05) is 18.6 Å². The quantitative estimate of drug-likeness (QED) is 0.711. The molecule has 1 aliphatic rings. The second-order valence-electron chi connectivity index (χ2n) is 6.45. The third-order valence-corrected chi connectivity index (χ3v) is 4.27. The van der Waals surface area contributed by atoms with Crippen LogP contribution in [0.3, 0.4) is 0 Å². The summed E-state index contributed by atoms with van der Waals surface area (Å²) in [6.45, 7) is 15.5. The van der Waals surface area contributed by atoms with Crippen LogP contribution in [0.15, 0.2) is 0 Å². The number of likely N-dealkylation sites (tertiary alicyclic amines) is 1. The van der Waals surface area contributed by atoms with E-state index < -0.39 is 0 Å². The largest absolute Gasteiger partial charge is 0.304 e. The third kappa shape index (κ3) is 3.74. The summed E-state index contributed by atoms with van der Waals surface area (Å²) in [5.74, 6) is 0. The number of hydrogen-bond acceptors (Lipinski definition) is 2. The third-order valence-electron chi connectivity index (χ3n) is 4.27. The van der Waals surface area contributed by atoms with Crippen LogP contribution in [0.4, 0.5) is 0 Å². The Balaban J connectivity index is 2.37. The van der Waals surface area contributed by atoms with Crippen molar-refractivity contribution in [3.05, 3.63) is 0 Å². The van der Waals surface area contributed by atoms with Gasteiger partial charge in [-0.2, -0.15) is 0 Å². The smallest absolute Gasteiger partial charge is 0.00390 e. The molecule has 2 nitrogen and oxygen atoms in total. The van der Waals surface area contributed by atoms with E-state index in [1.165, 1.54) is 32.5 Å². The van der Waals surface area contributed by atoms with Crippen LogP contribution in [0.1, 0.15) is 47.5 Å². The van der Waals surface area contributed by atoms with Crippen LogP contribution >= 0.6 is 0 Å². The SMILES string of the molecule is CC(C)N(C)CCC1(C)CCN(C(C)C)C1. The molecule has 16 heavy (non-hydrogen) atoms. The van der Waals surface area contributed by atoms with Crippen molar-refractivity contribution in [1.29, 1.82) is 0 Å². The van der Waals surface area contributed by atoms with Crippen molar-refractivity contribution >= 4 is 0 Å². The molecule has 1 unspecified atom stereocenters. The van der Waals surface area contributed by atoms with Crippen molar-refractivity contribution in [3.63, 3.8) is 0 Å². The monoisotopic (exact) mass is 226 g/mol. The average Bonchev–Trinajstić information content (AvgIpc) is 2.58. The highest BCUT2D eigenvalue weighted by Crippen LogP contribution is 2.34. The molecule has 0 bridgehead atoms. The Hall–Kier alpha value is -0.0800. The minimum Gasteiger partial charge on any atom is -0.304 e. The molecule has 0 amide bonds. The van der Waals surface area contributed by atoms with Gasteiger partial charge in [-0.15, -0.1) is 0 Å². The van der Waals surface area contributed by atoms with Crippen molar-refractivity contribution in [1.82, 2.24) is 9.80 Å². The first kappa shape index (κ1) is 14.0. The highest BCUT2D eigenvalue weighted by atomic mass is 15.2. The normalized spacial score (nSPS) is 27.6. The molecule has 1 saturated heterocycles. The molecule has 1 fully saturated rings. The van der Waals surface area contributed by atoms with Gasteiger partial charge in [0.15, 0.2) is 0 Å². The molecule has 0 saturated carbocycles. The first-order chi connectivity index (χ1) is 7.34. The molecule has 96 valence electrons. The molecule has 1 aliphatic heterocycles. The van der Waals surface area contributed by atoms with Gasteiger partial charge in [0.05, 0.1) is 0 Å². The van der Waals surface area contributed by atoms with Gasteiger partial charge >= 0.3 is 0 Å². The summed E-state index contributed by atoms with van der Waals surface area (Å²) in [6, 6.07) is 1.39. The number of rotatable bonds is 5.